The van der Waals surface area contributed by atoms with E-state index in [1.165, 1.54) is 6.07 Å². The van der Waals surface area contributed by atoms with Gasteiger partial charge in [-0.15, -0.1) is 0 Å². The third-order valence-electron chi connectivity index (χ3n) is 4.69. The van der Waals surface area contributed by atoms with Crippen LogP contribution in [0.15, 0.2) is 48.9 Å². The van der Waals surface area contributed by atoms with E-state index in [2.05, 4.69) is 21.0 Å². The molecule has 0 aliphatic carbocycles. The Kier molecular flexibility index (Phi) is 5.73. The Morgan fingerprint density at radius 3 is 2.83 bits per heavy atom. The van der Waals surface area contributed by atoms with E-state index < -0.39 is 5.82 Å². The van der Waals surface area contributed by atoms with Crippen LogP contribution in [0.5, 0.6) is 5.75 Å². The van der Waals surface area contributed by atoms with Crippen LogP contribution in [-0.4, -0.2) is 34.3 Å². The average Bonchev–Trinajstić information content (AvgIpc) is 2.75. The van der Waals surface area contributed by atoms with Crippen molar-refractivity contribution in [2.24, 2.45) is 0 Å². The number of hydrogen-bond donors (Lipinski definition) is 0. The Bertz CT molecular complexity index is 1040. The molecule has 7 heteroatoms. The van der Waals surface area contributed by atoms with E-state index in [1.807, 2.05) is 12.1 Å². The molecule has 1 aliphatic rings. The molecule has 0 N–H and O–H groups in total. The van der Waals surface area contributed by atoms with Gasteiger partial charge in [0.25, 0.3) is 0 Å². The summed E-state index contributed by atoms with van der Waals surface area (Å²) >= 11 is 0. The topological polar surface area (TPSA) is 80.9 Å². The first-order valence-electron chi connectivity index (χ1n) is 9.41. The number of pyridine rings is 1. The standard InChI is InChI=1S/C22H19FN4O2/c23-18-9-15(13-25-14-18)10-22-26-6-3-20(27-22)16-1-2-21(17(11-16)12-24)29-19-4-7-28-8-5-19/h1-3,6,9,11,13-14,19H,4-5,7-8,10H2. The van der Waals surface area contributed by atoms with Crippen LogP contribution in [0.4, 0.5) is 4.39 Å². The lowest BCUT2D eigenvalue weighted by molar-refractivity contribution is 0.0254. The molecule has 0 atom stereocenters. The summed E-state index contributed by atoms with van der Waals surface area (Å²) in [6.07, 6.45) is 6.47. The number of rotatable bonds is 5. The SMILES string of the molecule is N#Cc1cc(-c2ccnc(Cc3cncc(F)c3)n2)ccc1OC1CCOCC1. The zero-order valence-electron chi connectivity index (χ0n) is 15.7. The van der Waals surface area contributed by atoms with Crippen molar-refractivity contribution in [3.63, 3.8) is 0 Å². The van der Waals surface area contributed by atoms with Gasteiger partial charge in [0.1, 0.15) is 29.6 Å². The molecule has 3 heterocycles. The minimum absolute atomic E-state index is 0.0623. The van der Waals surface area contributed by atoms with Gasteiger partial charge in [0.2, 0.25) is 0 Å². The fraction of sp³-hybridized carbons (Fsp3) is 0.273. The van der Waals surface area contributed by atoms with E-state index in [0.717, 1.165) is 24.6 Å². The monoisotopic (exact) mass is 390 g/mol. The van der Waals surface area contributed by atoms with Gasteiger partial charge in [-0.2, -0.15) is 5.26 Å². The van der Waals surface area contributed by atoms with Crippen molar-refractivity contribution in [3.8, 4) is 23.1 Å². The molecule has 0 saturated carbocycles. The van der Waals surface area contributed by atoms with Crippen LogP contribution in [0.1, 0.15) is 29.8 Å². The lowest BCUT2D eigenvalue weighted by Gasteiger charge is -2.23. The molecule has 3 aromatic rings. The summed E-state index contributed by atoms with van der Waals surface area (Å²) in [5, 5.41) is 9.56. The maximum Gasteiger partial charge on any atom is 0.141 e. The highest BCUT2D eigenvalue weighted by Gasteiger charge is 2.17. The van der Waals surface area contributed by atoms with Gasteiger partial charge in [0.15, 0.2) is 0 Å². The third-order valence-corrected chi connectivity index (χ3v) is 4.69. The van der Waals surface area contributed by atoms with Crippen molar-refractivity contribution in [1.82, 2.24) is 15.0 Å². The highest BCUT2D eigenvalue weighted by atomic mass is 19.1. The molecule has 2 aromatic heterocycles. The second-order valence-electron chi connectivity index (χ2n) is 6.80. The predicted octanol–water partition coefficient (Wildman–Crippen LogP) is 3.70. The van der Waals surface area contributed by atoms with E-state index in [1.54, 1.807) is 24.5 Å². The van der Waals surface area contributed by atoms with E-state index in [-0.39, 0.29) is 6.10 Å². The highest BCUT2D eigenvalue weighted by Crippen LogP contribution is 2.27. The number of halogens is 1. The van der Waals surface area contributed by atoms with Crippen LogP contribution in [0, 0.1) is 17.1 Å². The van der Waals surface area contributed by atoms with Crippen molar-refractivity contribution in [2.75, 3.05) is 13.2 Å². The number of aromatic nitrogens is 3. The van der Waals surface area contributed by atoms with Crippen LogP contribution < -0.4 is 4.74 Å². The molecule has 0 radical (unpaired) electrons. The molecule has 29 heavy (non-hydrogen) atoms. The van der Waals surface area contributed by atoms with E-state index in [0.29, 0.717) is 48.0 Å². The number of nitrogens with zero attached hydrogens (tertiary/aromatic N) is 4. The maximum absolute atomic E-state index is 13.4. The van der Waals surface area contributed by atoms with Crippen LogP contribution in [0.25, 0.3) is 11.3 Å². The van der Waals surface area contributed by atoms with Crippen molar-refractivity contribution >= 4 is 0 Å². The fourth-order valence-corrected chi connectivity index (χ4v) is 3.23. The first-order chi connectivity index (χ1) is 14.2. The van der Waals surface area contributed by atoms with Crippen molar-refractivity contribution in [3.05, 3.63) is 71.7 Å². The van der Waals surface area contributed by atoms with E-state index in [9.17, 15) is 9.65 Å². The number of nitriles is 1. The normalized spacial score (nSPS) is 14.3. The molecule has 1 aromatic carbocycles. The van der Waals surface area contributed by atoms with Crippen molar-refractivity contribution in [2.45, 2.75) is 25.4 Å². The number of ether oxygens (including phenoxy) is 2. The van der Waals surface area contributed by atoms with Gasteiger partial charge in [0, 0.05) is 37.2 Å². The van der Waals surface area contributed by atoms with Crippen molar-refractivity contribution < 1.29 is 13.9 Å². The van der Waals surface area contributed by atoms with Gasteiger partial charge in [0.05, 0.1) is 30.7 Å². The van der Waals surface area contributed by atoms with Gasteiger partial charge in [-0.3, -0.25) is 4.98 Å². The largest absolute Gasteiger partial charge is 0.489 e. The van der Waals surface area contributed by atoms with Crippen LogP contribution in [0.3, 0.4) is 0 Å². The molecule has 6 nitrogen and oxygen atoms in total. The summed E-state index contributed by atoms with van der Waals surface area (Å²) in [6, 6.07) is 10.9. The minimum atomic E-state index is -0.391. The molecule has 0 amide bonds. The van der Waals surface area contributed by atoms with Crippen molar-refractivity contribution in [1.29, 1.82) is 5.26 Å². The van der Waals surface area contributed by atoms with Crippen LogP contribution in [-0.2, 0) is 11.2 Å². The lowest BCUT2D eigenvalue weighted by atomic mass is 10.1. The molecule has 1 aliphatic heterocycles. The van der Waals surface area contributed by atoms with Gasteiger partial charge in [-0.25, -0.2) is 14.4 Å². The number of hydrogen-bond acceptors (Lipinski definition) is 6. The fourth-order valence-electron chi connectivity index (χ4n) is 3.23. The van der Waals surface area contributed by atoms with Gasteiger partial charge in [-0.05, 0) is 35.9 Å². The zero-order valence-corrected chi connectivity index (χ0v) is 15.7. The molecule has 0 bridgehead atoms. The van der Waals surface area contributed by atoms with Gasteiger partial charge < -0.3 is 9.47 Å². The molecule has 1 fully saturated rings. The second-order valence-corrected chi connectivity index (χ2v) is 6.80. The molecular weight excluding hydrogens is 371 g/mol. The smallest absolute Gasteiger partial charge is 0.141 e. The molecule has 1 saturated heterocycles. The quantitative estimate of drug-likeness (QED) is 0.661. The molecular formula is C22H19FN4O2. The first kappa shape index (κ1) is 19.0. The summed E-state index contributed by atoms with van der Waals surface area (Å²) < 4.78 is 24.7. The Morgan fingerprint density at radius 2 is 2.03 bits per heavy atom. The Morgan fingerprint density at radius 1 is 1.17 bits per heavy atom. The zero-order chi connectivity index (χ0) is 20.1. The number of benzene rings is 1. The molecule has 0 unspecified atom stereocenters. The Labute approximate surface area is 168 Å². The minimum Gasteiger partial charge on any atom is -0.489 e. The molecule has 0 spiro atoms. The summed E-state index contributed by atoms with van der Waals surface area (Å²) in [4.78, 5) is 12.7. The average molecular weight is 390 g/mol. The highest BCUT2D eigenvalue weighted by molar-refractivity contribution is 5.64. The van der Waals surface area contributed by atoms with Crippen LogP contribution >= 0.6 is 0 Å². The summed E-state index contributed by atoms with van der Waals surface area (Å²) in [7, 11) is 0. The maximum atomic E-state index is 13.4. The lowest BCUT2D eigenvalue weighted by Crippen LogP contribution is -2.26. The van der Waals surface area contributed by atoms with E-state index >= 15 is 0 Å². The summed E-state index contributed by atoms with van der Waals surface area (Å²) in [5.41, 5.74) is 2.64. The Balaban J connectivity index is 1.55. The van der Waals surface area contributed by atoms with E-state index in [4.69, 9.17) is 9.47 Å². The second kappa shape index (κ2) is 8.76. The van der Waals surface area contributed by atoms with Crippen LogP contribution in [0.2, 0.25) is 0 Å². The Hall–Kier alpha value is -3.37. The third kappa shape index (κ3) is 4.73. The van der Waals surface area contributed by atoms with Gasteiger partial charge in [-0.1, -0.05) is 0 Å². The molecule has 146 valence electrons. The van der Waals surface area contributed by atoms with Gasteiger partial charge >= 0.3 is 0 Å². The molecule has 4 rings (SSSR count). The summed E-state index contributed by atoms with van der Waals surface area (Å²) in [6.45, 7) is 1.35. The summed E-state index contributed by atoms with van der Waals surface area (Å²) in [5.74, 6) is 0.733. The predicted molar refractivity (Wildman–Crippen MR) is 104 cm³/mol. The first-order valence-corrected chi connectivity index (χ1v) is 9.41.